The molecule has 0 saturated carbocycles. The molecule has 0 aliphatic carbocycles. The minimum Gasteiger partial charge on any atom is -0.497 e. The summed E-state index contributed by atoms with van der Waals surface area (Å²) in [5.74, 6) is -0.151. The molecule has 4 N–H and O–H groups in total. The van der Waals surface area contributed by atoms with Gasteiger partial charge < -0.3 is 21.1 Å². The first kappa shape index (κ1) is 19.9. The first-order valence-corrected chi connectivity index (χ1v) is 8.88. The number of amides is 2. The van der Waals surface area contributed by atoms with Gasteiger partial charge in [0.05, 0.1) is 7.11 Å². The van der Waals surface area contributed by atoms with Crippen LogP contribution in [0.25, 0.3) is 0 Å². The molecule has 1 heterocycles. The van der Waals surface area contributed by atoms with Crippen LogP contribution in [-0.4, -0.2) is 33.9 Å². The fraction of sp³-hybridized carbons (Fsp3) is 0.200. The summed E-state index contributed by atoms with van der Waals surface area (Å²) >= 11 is 0. The van der Waals surface area contributed by atoms with Crippen LogP contribution in [0.5, 0.6) is 5.75 Å². The van der Waals surface area contributed by atoms with E-state index in [1.165, 1.54) is 4.68 Å². The Bertz CT molecular complexity index is 1020. The van der Waals surface area contributed by atoms with E-state index in [4.69, 9.17) is 10.5 Å². The van der Waals surface area contributed by atoms with Crippen molar-refractivity contribution in [3.63, 3.8) is 0 Å². The second kappa shape index (κ2) is 8.42. The van der Waals surface area contributed by atoms with Crippen molar-refractivity contribution in [2.45, 2.75) is 20.4 Å². The van der Waals surface area contributed by atoms with E-state index in [0.29, 0.717) is 17.1 Å². The number of carbonyl (C=O) groups excluding carboxylic acids is 2. The number of nitrogens with one attached hydrogen (secondary N) is 2. The molecule has 150 valence electrons. The van der Waals surface area contributed by atoms with Gasteiger partial charge in [0.25, 0.3) is 5.91 Å². The van der Waals surface area contributed by atoms with Gasteiger partial charge in [0, 0.05) is 11.4 Å². The van der Waals surface area contributed by atoms with Crippen LogP contribution < -0.4 is 21.1 Å². The fourth-order valence-corrected chi connectivity index (χ4v) is 2.85. The Labute approximate surface area is 167 Å². The Balaban J connectivity index is 1.66. The van der Waals surface area contributed by atoms with Crippen molar-refractivity contribution in [2.75, 3.05) is 23.5 Å². The van der Waals surface area contributed by atoms with Crippen LogP contribution in [0.3, 0.4) is 0 Å². The molecule has 0 aliphatic heterocycles. The third kappa shape index (κ3) is 4.89. The summed E-state index contributed by atoms with van der Waals surface area (Å²) in [5.41, 5.74) is 9.22. The van der Waals surface area contributed by atoms with Crippen LogP contribution in [0, 0.1) is 13.8 Å². The Morgan fingerprint density at radius 3 is 2.31 bits per heavy atom. The highest BCUT2D eigenvalue weighted by Crippen LogP contribution is 2.17. The Kier molecular flexibility index (Phi) is 5.77. The molecule has 0 bridgehead atoms. The number of anilines is 3. The van der Waals surface area contributed by atoms with Gasteiger partial charge in [-0.2, -0.15) is 0 Å². The number of carbonyl (C=O) groups is 2. The smallest absolute Gasteiger partial charge is 0.280 e. The van der Waals surface area contributed by atoms with E-state index in [1.54, 1.807) is 31.4 Å². The van der Waals surface area contributed by atoms with Crippen LogP contribution >= 0.6 is 0 Å². The highest BCUT2D eigenvalue weighted by atomic mass is 16.5. The van der Waals surface area contributed by atoms with Crippen LogP contribution in [-0.2, 0) is 11.3 Å². The highest BCUT2D eigenvalue weighted by molar-refractivity contribution is 6.05. The summed E-state index contributed by atoms with van der Waals surface area (Å²) < 4.78 is 6.25. The van der Waals surface area contributed by atoms with Gasteiger partial charge in [-0.15, -0.1) is 5.10 Å². The molecule has 0 fully saturated rings. The monoisotopic (exact) mass is 394 g/mol. The number of ether oxygens (including phenoxy) is 1. The molecule has 9 heteroatoms. The van der Waals surface area contributed by atoms with Crippen LogP contribution in [0.15, 0.2) is 42.5 Å². The lowest BCUT2D eigenvalue weighted by atomic mass is 10.1. The summed E-state index contributed by atoms with van der Waals surface area (Å²) in [6.07, 6.45) is 0. The van der Waals surface area contributed by atoms with E-state index in [1.807, 2.05) is 32.0 Å². The maximum atomic E-state index is 12.5. The van der Waals surface area contributed by atoms with Gasteiger partial charge in [-0.3, -0.25) is 9.59 Å². The number of hydrogen-bond acceptors (Lipinski definition) is 6. The first-order chi connectivity index (χ1) is 13.9. The van der Waals surface area contributed by atoms with Crippen molar-refractivity contribution in [3.8, 4) is 5.75 Å². The molecule has 0 spiro atoms. The maximum absolute atomic E-state index is 12.5. The number of methoxy groups -OCH3 is 1. The topological polar surface area (TPSA) is 124 Å². The minimum atomic E-state index is -0.491. The van der Waals surface area contributed by atoms with Gasteiger partial charge in [0.1, 0.15) is 12.3 Å². The molecule has 0 saturated heterocycles. The Hall–Kier alpha value is -3.88. The van der Waals surface area contributed by atoms with Crippen molar-refractivity contribution in [2.24, 2.45) is 0 Å². The normalized spacial score (nSPS) is 10.4. The Morgan fingerprint density at radius 2 is 1.69 bits per heavy atom. The Morgan fingerprint density at radius 1 is 1.03 bits per heavy atom. The second-order valence-electron chi connectivity index (χ2n) is 6.59. The molecule has 0 unspecified atom stereocenters. The van der Waals surface area contributed by atoms with E-state index in [2.05, 4.69) is 20.9 Å². The summed E-state index contributed by atoms with van der Waals surface area (Å²) in [7, 11) is 1.56. The van der Waals surface area contributed by atoms with Gasteiger partial charge in [-0.05, 0) is 61.4 Å². The lowest BCUT2D eigenvalue weighted by Gasteiger charge is -2.08. The zero-order valence-corrected chi connectivity index (χ0v) is 16.4. The average Bonchev–Trinajstić information content (AvgIpc) is 3.02. The van der Waals surface area contributed by atoms with Crippen molar-refractivity contribution >= 4 is 29.0 Å². The number of hydrogen-bond donors (Lipinski definition) is 3. The summed E-state index contributed by atoms with van der Waals surface area (Å²) in [6.45, 7) is 3.70. The zero-order chi connectivity index (χ0) is 21.0. The van der Waals surface area contributed by atoms with Crippen LogP contribution in [0.1, 0.15) is 21.6 Å². The summed E-state index contributed by atoms with van der Waals surface area (Å²) in [6, 6.07) is 12.6. The lowest BCUT2D eigenvalue weighted by molar-refractivity contribution is -0.116. The molecular weight excluding hydrogens is 372 g/mol. The van der Waals surface area contributed by atoms with Crippen LogP contribution in [0.2, 0.25) is 0 Å². The largest absolute Gasteiger partial charge is 0.497 e. The number of nitrogen functional groups attached to an aromatic ring is 1. The van der Waals surface area contributed by atoms with E-state index >= 15 is 0 Å². The van der Waals surface area contributed by atoms with E-state index in [0.717, 1.165) is 11.1 Å². The van der Waals surface area contributed by atoms with Crippen molar-refractivity contribution < 1.29 is 14.3 Å². The van der Waals surface area contributed by atoms with Crippen molar-refractivity contribution in [1.29, 1.82) is 0 Å². The molecule has 3 aromatic rings. The van der Waals surface area contributed by atoms with Crippen molar-refractivity contribution in [3.05, 3.63) is 59.3 Å². The standard InChI is InChI=1S/C20H22N6O3/c1-12-8-13(2)10-15(9-12)23-20(28)18-19(21)26(25-24-18)11-17(27)22-14-4-6-16(29-3)7-5-14/h4-10H,11,21H2,1-3H3,(H,22,27)(H,23,28). The van der Waals surface area contributed by atoms with Gasteiger partial charge in [0.2, 0.25) is 5.91 Å². The molecule has 2 amide bonds. The zero-order valence-electron chi connectivity index (χ0n) is 16.4. The summed E-state index contributed by atoms with van der Waals surface area (Å²) in [4.78, 5) is 24.7. The molecule has 29 heavy (non-hydrogen) atoms. The molecule has 0 radical (unpaired) electrons. The third-order valence-corrected chi connectivity index (χ3v) is 4.14. The summed E-state index contributed by atoms with van der Waals surface area (Å²) in [5, 5.41) is 13.1. The number of rotatable bonds is 6. The molecule has 0 aliphatic rings. The minimum absolute atomic E-state index is 0.0109. The quantitative estimate of drug-likeness (QED) is 0.590. The SMILES string of the molecule is COc1ccc(NC(=O)Cn2nnc(C(=O)Nc3cc(C)cc(C)c3)c2N)cc1. The van der Waals surface area contributed by atoms with Gasteiger partial charge in [-0.1, -0.05) is 11.3 Å². The number of aryl methyl sites for hydroxylation is 2. The second-order valence-corrected chi connectivity index (χ2v) is 6.59. The molecule has 0 atom stereocenters. The number of nitrogens with two attached hydrogens (primary N) is 1. The number of aromatic nitrogens is 3. The fourth-order valence-electron chi connectivity index (χ4n) is 2.85. The molecule has 9 nitrogen and oxygen atoms in total. The maximum Gasteiger partial charge on any atom is 0.280 e. The number of nitrogens with zero attached hydrogens (tertiary/aromatic N) is 3. The molecule has 2 aromatic carbocycles. The van der Waals surface area contributed by atoms with E-state index in [-0.39, 0.29) is 24.0 Å². The first-order valence-electron chi connectivity index (χ1n) is 8.88. The van der Waals surface area contributed by atoms with E-state index < -0.39 is 5.91 Å². The lowest BCUT2D eigenvalue weighted by Crippen LogP contribution is -2.21. The average molecular weight is 394 g/mol. The highest BCUT2D eigenvalue weighted by Gasteiger charge is 2.19. The third-order valence-electron chi connectivity index (χ3n) is 4.14. The van der Waals surface area contributed by atoms with Gasteiger partial charge in [-0.25, -0.2) is 4.68 Å². The van der Waals surface area contributed by atoms with Gasteiger partial charge in [0.15, 0.2) is 11.5 Å². The predicted molar refractivity (Wildman–Crippen MR) is 110 cm³/mol. The van der Waals surface area contributed by atoms with Crippen molar-refractivity contribution in [1.82, 2.24) is 15.0 Å². The van der Waals surface area contributed by atoms with Crippen LogP contribution in [0.4, 0.5) is 17.2 Å². The van der Waals surface area contributed by atoms with E-state index in [9.17, 15) is 9.59 Å². The predicted octanol–water partition coefficient (Wildman–Crippen LogP) is 2.38. The number of benzene rings is 2. The van der Waals surface area contributed by atoms with Gasteiger partial charge >= 0.3 is 0 Å². The molecule has 1 aromatic heterocycles. The molecular formula is C20H22N6O3. The molecule has 3 rings (SSSR count).